The van der Waals surface area contributed by atoms with Crippen LogP contribution in [-0.4, -0.2) is 56.8 Å². The van der Waals surface area contributed by atoms with E-state index >= 15 is 0 Å². The standard InChI is InChI=1S/C17H21N3O3/c1-17(12-22-13-17)16(21)20-9-7-19(8-10-20)14-2-4-15(5-3-14)23-11-6-18/h2-5H,7-13H2,1H3. The summed E-state index contributed by atoms with van der Waals surface area (Å²) in [4.78, 5) is 16.7. The van der Waals surface area contributed by atoms with Crippen LogP contribution < -0.4 is 9.64 Å². The average molecular weight is 315 g/mol. The summed E-state index contributed by atoms with van der Waals surface area (Å²) in [7, 11) is 0. The van der Waals surface area contributed by atoms with Gasteiger partial charge in [0.05, 0.1) is 18.6 Å². The number of carbonyl (C=O) groups is 1. The summed E-state index contributed by atoms with van der Waals surface area (Å²) in [6.07, 6.45) is 0. The molecule has 2 heterocycles. The number of amides is 1. The first-order valence-electron chi connectivity index (χ1n) is 7.84. The summed E-state index contributed by atoms with van der Waals surface area (Å²) in [5.41, 5.74) is 0.793. The predicted molar refractivity (Wildman–Crippen MR) is 85.3 cm³/mol. The van der Waals surface area contributed by atoms with Gasteiger partial charge < -0.3 is 19.3 Å². The van der Waals surface area contributed by atoms with Crippen molar-refractivity contribution in [2.45, 2.75) is 6.92 Å². The molecule has 2 saturated heterocycles. The molecule has 0 spiro atoms. The third-order valence-corrected chi connectivity index (χ3v) is 4.43. The first-order valence-corrected chi connectivity index (χ1v) is 7.84. The van der Waals surface area contributed by atoms with Crippen molar-refractivity contribution < 1.29 is 14.3 Å². The SMILES string of the molecule is CC1(C(=O)N2CCN(c3ccc(OCC#N)cc3)CC2)COC1. The largest absolute Gasteiger partial charge is 0.479 e. The Balaban J connectivity index is 1.54. The number of ether oxygens (including phenoxy) is 2. The van der Waals surface area contributed by atoms with Gasteiger partial charge in [-0.3, -0.25) is 4.79 Å². The van der Waals surface area contributed by atoms with E-state index in [1.165, 1.54) is 0 Å². The Bertz CT molecular complexity index is 597. The number of nitriles is 1. The number of hydrogen-bond donors (Lipinski definition) is 0. The molecule has 6 heteroatoms. The zero-order chi connectivity index (χ0) is 16.3. The van der Waals surface area contributed by atoms with Crippen molar-refractivity contribution in [1.82, 2.24) is 4.90 Å². The number of benzene rings is 1. The highest BCUT2D eigenvalue weighted by Gasteiger charge is 2.44. The third kappa shape index (κ3) is 3.25. The Kier molecular flexibility index (Phi) is 4.39. The molecular weight excluding hydrogens is 294 g/mol. The molecule has 0 N–H and O–H groups in total. The lowest BCUT2D eigenvalue weighted by atomic mass is 9.86. The lowest BCUT2D eigenvalue weighted by molar-refractivity contribution is -0.169. The molecule has 0 radical (unpaired) electrons. The molecule has 122 valence electrons. The van der Waals surface area contributed by atoms with Crippen LogP contribution in [0.1, 0.15) is 6.92 Å². The van der Waals surface area contributed by atoms with Crippen LogP contribution in [0, 0.1) is 16.7 Å². The van der Waals surface area contributed by atoms with Gasteiger partial charge in [-0.05, 0) is 31.2 Å². The van der Waals surface area contributed by atoms with E-state index in [4.69, 9.17) is 14.7 Å². The van der Waals surface area contributed by atoms with Gasteiger partial charge in [-0.25, -0.2) is 0 Å². The highest BCUT2D eigenvalue weighted by Crippen LogP contribution is 2.30. The van der Waals surface area contributed by atoms with Crippen molar-refractivity contribution in [1.29, 1.82) is 5.26 Å². The summed E-state index contributed by atoms with van der Waals surface area (Å²) in [5.74, 6) is 0.908. The quantitative estimate of drug-likeness (QED) is 0.837. The molecule has 6 nitrogen and oxygen atoms in total. The monoisotopic (exact) mass is 315 g/mol. The second-order valence-electron chi connectivity index (χ2n) is 6.27. The van der Waals surface area contributed by atoms with Gasteiger partial charge in [0, 0.05) is 31.9 Å². The fourth-order valence-electron chi connectivity index (χ4n) is 2.95. The van der Waals surface area contributed by atoms with Crippen molar-refractivity contribution in [3.05, 3.63) is 24.3 Å². The number of rotatable bonds is 4. The summed E-state index contributed by atoms with van der Waals surface area (Å²) < 4.78 is 10.4. The molecule has 0 unspecified atom stereocenters. The van der Waals surface area contributed by atoms with Crippen LogP contribution in [0.3, 0.4) is 0 Å². The van der Waals surface area contributed by atoms with Gasteiger partial charge in [0.15, 0.2) is 6.61 Å². The maximum atomic E-state index is 12.5. The van der Waals surface area contributed by atoms with E-state index in [2.05, 4.69) is 4.90 Å². The van der Waals surface area contributed by atoms with E-state index in [0.29, 0.717) is 19.0 Å². The summed E-state index contributed by atoms with van der Waals surface area (Å²) in [6, 6.07) is 9.68. The highest BCUT2D eigenvalue weighted by atomic mass is 16.5. The topological polar surface area (TPSA) is 65.8 Å². The summed E-state index contributed by atoms with van der Waals surface area (Å²) >= 11 is 0. The van der Waals surface area contributed by atoms with E-state index in [1.807, 2.05) is 42.2 Å². The van der Waals surface area contributed by atoms with E-state index < -0.39 is 0 Å². The van der Waals surface area contributed by atoms with Gasteiger partial charge >= 0.3 is 0 Å². The van der Waals surface area contributed by atoms with Crippen LogP contribution in [0.4, 0.5) is 5.69 Å². The van der Waals surface area contributed by atoms with E-state index in [1.54, 1.807) is 0 Å². The lowest BCUT2D eigenvalue weighted by Gasteiger charge is -2.43. The molecule has 0 bridgehead atoms. The molecule has 0 aromatic heterocycles. The zero-order valence-electron chi connectivity index (χ0n) is 13.3. The maximum absolute atomic E-state index is 12.5. The minimum atomic E-state index is -0.318. The van der Waals surface area contributed by atoms with Crippen molar-refractivity contribution in [3.63, 3.8) is 0 Å². The van der Waals surface area contributed by atoms with Crippen LogP contribution in [0.2, 0.25) is 0 Å². The third-order valence-electron chi connectivity index (χ3n) is 4.43. The molecule has 2 aliphatic rings. The predicted octanol–water partition coefficient (Wildman–Crippen LogP) is 1.27. The lowest BCUT2D eigenvalue weighted by Crippen LogP contribution is -2.58. The van der Waals surface area contributed by atoms with Gasteiger partial charge in [0.2, 0.25) is 5.91 Å². The average Bonchev–Trinajstić information content (AvgIpc) is 2.58. The Morgan fingerprint density at radius 2 is 1.91 bits per heavy atom. The van der Waals surface area contributed by atoms with Gasteiger partial charge in [-0.1, -0.05) is 0 Å². The Morgan fingerprint density at radius 1 is 1.26 bits per heavy atom. The van der Waals surface area contributed by atoms with Crippen molar-refractivity contribution in [2.75, 3.05) is 50.9 Å². The smallest absolute Gasteiger partial charge is 0.233 e. The molecular formula is C17H21N3O3. The van der Waals surface area contributed by atoms with Gasteiger partial charge in [0.25, 0.3) is 0 Å². The summed E-state index contributed by atoms with van der Waals surface area (Å²) in [6.45, 7) is 6.23. The van der Waals surface area contributed by atoms with Crippen LogP contribution in [0.5, 0.6) is 5.75 Å². The normalized spacial score (nSPS) is 19.7. The fraction of sp³-hybridized carbons (Fsp3) is 0.529. The number of piperazine rings is 1. The molecule has 2 aliphatic heterocycles. The molecule has 3 rings (SSSR count). The molecule has 0 saturated carbocycles. The first-order chi connectivity index (χ1) is 11.1. The Hall–Kier alpha value is -2.26. The van der Waals surface area contributed by atoms with Crippen LogP contribution in [0.25, 0.3) is 0 Å². The molecule has 0 atom stereocenters. The molecule has 23 heavy (non-hydrogen) atoms. The second-order valence-corrected chi connectivity index (χ2v) is 6.27. The van der Waals surface area contributed by atoms with E-state index in [9.17, 15) is 4.79 Å². The molecule has 1 amide bonds. The van der Waals surface area contributed by atoms with Gasteiger partial charge in [-0.15, -0.1) is 0 Å². The Morgan fingerprint density at radius 3 is 2.43 bits per heavy atom. The van der Waals surface area contributed by atoms with Gasteiger partial charge in [-0.2, -0.15) is 5.26 Å². The second kappa shape index (κ2) is 6.47. The maximum Gasteiger partial charge on any atom is 0.233 e. The molecule has 1 aromatic carbocycles. The molecule has 1 aromatic rings. The molecule has 2 fully saturated rings. The Labute approximate surface area is 136 Å². The fourth-order valence-corrected chi connectivity index (χ4v) is 2.95. The number of anilines is 1. The van der Waals surface area contributed by atoms with Gasteiger partial charge in [0.1, 0.15) is 11.8 Å². The summed E-state index contributed by atoms with van der Waals surface area (Å²) in [5, 5.41) is 8.51. The molecule has 0 aliphatic carbocycles. The van der Waals surface area contributed by atoms with E-state index in [0.717, 1.165) is 31.9 Å². The van der Waals surface area contributed by atoms with E-state index in [-0.39, 0.29) is 17.9 Å². The minimum Gasteiger partial charge on any atom is -0.479 e. The minimum absolute atomic E-state index is 0.0581. The number of hydrogen-bond acceptors (Lipinski definition) is 5. The number of carbonyl (C=O) groups excluding carboxylic acids is 1. The van der Waals surface area contributed by atoms with Crippen molar-refractivity contribution in [2.24, 2.45) is 5.41 Å². The van der Waals surface area contributed by atoms with Crippen LogP contribution >= 0.6 is 0 Å². The number of nitrogens with zero attached hydrogens (tertiary/aromatic N) is 3. The highest BCUT2D eigenvalue weighted by molar-refractivity contribution is 5.83. The van der Waals surface area contributed by atoms with Crippen molar-refractivity contribution in [3.8, 4) is 11.8 Å². The zero-order valence-corrected chi connectivity index (χ0v) is 13.3. The van der Waals surface area contributed by atoms with Crippen LogP contribution in [-0.2, 0) is 9.53 Å². The van der Waals surface area contributed by atoms with Crippen molar-refractivity contribution >= 4 is 11.6 Å². The first kappa shape index (κ1) is 15.6. The van der Waals surface area contributed by atoms with Crippen LogP contribution in [0.15, 0.2) is 24.3 Å².